The molecule has 2 aromatic carbocycles. The minimum Gasteiger partial charge on any atom is -0.490 e. The van der Waals surface area contributed by atoms with Crippen molar-refractivity contribution in [2.75, 3.05) is 32.5 Å². The van der Waals surface area contributed by atoms with Gasteiger partial charge in [-0.3, -0.25) is 4.31 Å². The molecule has 0 aliphatic carbocycles. The minimum absolute atomic E-state index is 0.116. The quantitative estimate of drug-likeness (QED) is 0.574. The van der Waals surface area contributed by atoms with E-state index in [0.717, 1.165) is 23.9 Å². The molecule has 0 saturated carbocycles. The Bertz CT molecular complexity index is 759. The van der Waals surface area contributed by atoms with Crippen LogP contribution in [0.25, 0.3) is 0 Å². The highest BCUT2D eigenvalue weighted by molar-refractivity contribution is 7.97. The highest BCUT2D eigenvalue weighted by atomic mass is 32.2. The third kappa shape index (κ3) is 5.98. The Morgan fingerprint density at radius 3 is 2.32 bits per heavy atom. The molecule has 1 heterocycles. The van der Waals surface area contributed by atoms with Gasteiger partial charge in [-0.15, -0.1) is 0 Å². The average Bonchev–Trinajstić information content (AvgIpc) is 2.74. The predicted molar refractivity (Wildman–Crippen MR) is 117 cm³/mol. The lowest BCUT2D eigenvalue weighted by molar-refractivity contribution is 0.112. The monoisotopic (exact) mass is 419 g/mol. The molecule has 3 rings (SSSR count). The Morgan fingerprint density at radius 1 is 0.964 bits per heavy atom. The topological polar surface area (TPSA) is 46.5 Å². The van der Waals surface area contributed by atoms with Gasteiger partial charge in [0.2, 0.25) is 0 Å². The van der Waals surface area contributed by atoms with E-state index in [1.165, 1.54) is 0 Å². The van der Waals surface area contributed by atoms with Crippen molar-refractivity contribution in [3.8, 4) is 17.2 Å². The van der Waals surface area contributed by atoms with Crippen molar-refractivity contribution in [3.63, 3.8) is 0 Å². The lowest BCUT2D eigenvalue weighted by atomic mass is 10.3. The molecule has 8 heteroatoms. The summed E-state index contributed by atoms with van der Waals surface area (Å²) in [6.07, 6.45) is 3.95. The zero-order valence-corrected chi connectivity index (χ0v) is 17.9. The summed E-state index contributed by atoms with van der Waals surface area (Å²) < 4.78 is 21.8. The van der Waals surface area contributed by atoms with E-state index in [0.29, 0.717) is 19.3 Å². The van der Waals surface area contributed by atoms with Gasteiger partial charge in [0.1, 0.15) is 36.6 Å². The van der Waals surface area contributed by atoms with Crippen molar-refractivity contribution in [2.45, 2.75) is 13.0 Å². The molecule has 6 nitrogen and oxygen atoms in total. The maximum Gasteiger partial charge on any atom is 0.300 e. The number of hydrogen-bond donors (Lipinski definition) is 0. The first-order valence-electron chi connectivity index (χ1n) is 8.95. The van der Waals surface area contributed by atoms with E-state index in [9.17, 15) is 0 Å². The van der Waals surface area contributed by atoms with Gasteiger partial charge >= 0.3 is 6.02 Å². The molecule has 0 fully saturated rings. The van der Waals surface area contributed by atoms with Crippen LogP contribution in [-0.2, 0) is 4.74 Å². The highest BCUT2D eigenvalue weighted by Crippen LogP contribution is 2.24. The van der Waals surface area contributed by atoms with Crippen LogP contribution in [-0.4, -0.2) is 53.2 Å². The second kappa shape index (κ2) is 10.5. The molecule has 1 aliphatic heterocycles. The summed E-state index contributed by atoms with van der Waals surface area (Å²) in [7, 11) is 0. The fourth-order valence-corrected chi connectivity index (χ4v) is 3.46. The van der Waals surface area contributed by atoms with E-state index in [4.69, 9.17) is 14.2 Å². The molecule has 1 unspecified atom stereocenters. The van der Waals surface area contributed by atoms with E-state index in [2.05, 4.69) is 9.30 Å². The second-order valence-electron chi connectivity index (χ2n) is 6.07. The maximum atomic E-state index is 5.98. The Hall–Kier alpha value is -2.03. The molecule has 1 aliphatic rings. The maximum absolute atomic E-state index is 5.98. The van der Waals surface area contributed by atoms with Crippen molar-refractivity contribution < 1.29 is 14.2 Å². The van der Waals surface area contributed by atoms with Crippen LogP contribution in [0.5, 0.6) is 17.2 Å². The SMILES string of the molecule is CSN1CN=C(OC(C)COc2ccc(Oc3ccccc3)cc2)N(SC)C1. The van der Waals surface area contributed by atoms with E-state index in [1.54, 1.807) is 23.9 Å². The Morgan fingerprint density at radius 2 is 1.64 bits per heavy atom. The fourth-order valence-electron chi connectivity index (χ4n) is 2.47. The largest absolute Gasteiger partial charge is 0.490 e. The number of para-hydroxylation sites is 1. The predicted octanol–water partition coefficient (Wildman–Crippen LogP) is 4.71. The number of amidine groups is 1. The highest BCUT2D eigenvalue weighted by Gasteiger charge is 2.23. The normalized spacial score (nSPS) is 15.7. The molecule has 2 aromatic rings. The van der Waals surface area contributed by atoms with Crippen LogP contribution in [0.3, 0.4) is 0 Å². The Labute approximate surface area is 175 Å². The van der Waals surface area contributed by atoms with Crippen LogP contribution in [0, 0.1) is 0 Å². The molecule has 0 N–H and O–H groups in total. The van der Waals surface area contributed by atoms with Crippen molar-refractivity contribution in [1.29, 1.82) is 0 Å². The minimum atomic E-state index is -0.116. The molecule has 0 saturated heterocycles. The molecular formula is C20H25N3O3S2. The van der Waals surface area contributed by atoms with Gasteiger partial charge in [-0.25, -0.2) is 9.30 Å². The zero-order chi connectivity index (χ0) is 19.8. The summed E-state index contributed by atoms with van der Waals surface area (Å²) in [5, 5.41) is 0. The van der Waals surface area contributed by atoms with Crippen LogP contribution < -0.4 is 9.47 Å². The van der Waals surface area contributed by atoms with Crippen LogP contribution in [0.4, 0.5) is 0 Å². The zero-order valence-electron chi connectivity index (χ0n) is 16.3. The van der Waals surface area contributed by atoms with Crippen LogP contribution >= 0.6 is 23.9 Å². The molecule has 28 heavy (non-hydrogen) atoms. The number of hydrogen-bond acceptors (Lipinski definition) is 8. The van der Waals surface area contributed by atoms with Gasteiger partial charge in [0, 0.05) is 6.26 Å². The fraction of sp³-hybridized carbons (Fsp3) is 0.350. The lowest BCUT2D eigenvalue weighted by Gasteiger charge is -2.33. The number of ether oxygens (including phenoxy) is 3. The lowest BCUT2D eigenvalue weighted by Crippen LogP contribution is -2.42. The second-order valence-corrected chi connectivity index (χ2v) is 7.76. The summed E-state index contributed by atoms with van der Waals surface area (Å²) in [5.41, 5.74) is 0. The first-order chi connectivity index (χ1) is 13.7. The molecule has 0 spiro atoms. The molecule has 1 atom stereocenters. The van der Waals surface area contributed by atoms with Gasteiger partial charge in [0.05, 0.1) is 6.67 Å². The number of benzene rings is 2. The molecule has 0 amide bonds. The molecular weight excluding hydrogens is 394 g/mol. The summed E-state index contributed by atoms with van der Waals surface area (Å²) in [4.78, 5) is 4.51. The van der Waals surface area contributed by atoms with Gasteiger partial charge in [-0.1, -0.05) is 30.1 Å². The molecule has 150 valence electrons. The smallest absolute Gasteiger partial charge is 0.300 e. The summed E-state index contributed by atoms with van der Waals surface area (Å²) in [6, 6.07) is 17.9. The van der Waals surface area contributed by atoms with E-state index < -0.39 is 0 Å². The van der Waals surface area contributed by atoms with Crippen molar-refractivity contribution in [1.82, 2.24) is 8.61 Å². The molecule has 0 bridgehead atoms. The average molecular weight is 420 g/mol. The summed E-state index contributed by atoms with van der Waals surface area (Å²) in [5.74, 6) is 2.36. The van der Waals surface area contributed by atoms with Crippen LogP contribution in [0.1, 0.15) is 6.92 Å². The van der Waals surface area contributed by atoms with Gasteiger partial charge in [-0.2, -0.15) is 0 Å². The van der Waals surface area contributed by atoms with Crippen molar-refractivity contribution in [2.24, 2.45) is 4.99 Å². The van der Waals surface area contributed by atoms with Crippen LogP contribution in [0.15, 0.2) is 59.6 Å². The van der Waals surface area contributed by atoms with Gasteiger partial charge < -0.3 is 14.2 Å². The van der Waals surface area contributed by atoms with Gasteiger partial charge in [-0.05, 0) is 61.5 Å². The van der Waals surface area contributed by atoms with Crippen molar-refractivity contribution >= 4 is 29.9 Å². The molecule has 0 aromatic heterocycles. The molecule has 0 radical (unpaired) electrons. The van der Waals surface area contributed by atoms with Crippen LogP contribution in [0.2, 0.25) is 0 Å². The van der Waals surface area contributed by atoms with E-state index in [1.807, 2.05) is 78.3 Å². The van der Waals surface area contributed by atoms with E-state index >= 15 is 0 Å². The Balaban J connectivity index is 1.48. The summed E-state index contributed by atoms with van der Waals surface area (Å²) >= 11 is 3.28. The third-order valence-electron chi connectivity index (χ3n) is 3.94. The number of rotatable bonds is 8. The first kappa shape index (κ1) is 20.7. The van der Waals surface area contributed by atoms with Gasteiger partial charge in [0.15, 0.2) is 0 Å². The number of aliphatic imine (C=N–C) groups is 1. The van der Waals surface area contributed by atoms with Gasteiger partial charge in [0.25, 0.3) is 0 Å². The summed E-state index contributed by atoms with van der Waals surface area (Å²) in [6.45, 7) is 3.82. The standard InChI is InChI=1S/C20H25N3O3S2/c1-16(25-20-21-14-22(27-2)15-23(20)28-3)13-24-17-9-11-19(12-10-17)26-18-7-5-4-6-8-18/h4-12,16H,13-15H2,1-3H3. The number of nitrogens with zero attached hydrogens (tertiary/aromatic N) is 3. The van der Waals surface area contributed by atoms with Crippen molar-refractivity contribution in [3.05, 3.63) is 54.6 Å². The third-order valence-corrected chi connectivity index (χ3v) is 5.40. The van der Waals surface area contributed by atoms with E-state index in [-0.39, 0.29) is 6.10 Å². The first-order valence-corrected chi connectivity index (χ1v) is 11.3. The Kier molecular flexibility index (Phi) is 7.76.